The first kappa shape index (κ1) is 10.6. The summed E-state index contributed by atoms with van der Waals surface area (Å²) in [7, 11) is 0. The first-order chi connectivity index (χ1) is 7.59. The number of fused-ring (bicyclic) bond motifs is 1. The summed E-state index contributed by atoms with van der Waals surface area (Å²) in [5, 5.41) is 13.3. The minimum atomic E-state index is -1.22. The molecule has 1 aliphatic heterocycles. The molecule has 2 rings (SSSR count). The van der Waals surface area contributed by atoms with Crippen LogP contribution in [0, 0.1) is 0 Å². The molecule has 1 aromatic rings. The van der Waals surface area contributed by atoms with E-state index in [1.54, 1.807) is 6.07 Å². The second-order valence-corrected chi connectivity index (χ2v) is 3.88. The fourth-order valence-electron chi connectivity index (χ4n) is 1.89. The Hall–Kier alpha value is -1.88. The molecule has 0 radical (unpaired) electrons. The average Bonchev–Trinajstić information content (AvgIpc) is 2.55. The van der Waals surface area contributed by atoms with Crippen LogP contribution in [-0.4, -0.2) is 17.9 Å². The molecule has 2 atom stereocenters. The van der Waals surface area contributed by atoms with Gasteiger partial charge < -0.3 is 21.0 Å². The van der Waals surface area contributed by atoms with Gasteiger partial charge in [0.05, 0.1) is 11.9 Å². The molecular weight excluding hydrogens is 208 g/mol. The minimum Gasteiger partial charge on any atom is -0.544 e. The van der Waals surface area contributed by atoms with Gasteiger partial charge in [0.25, 0.3) is 0 Å². The Bertz CT molecular complexity index is 445. The van der Waals surface area contributed by atoms with Crippen molar-refractivity contribution in [1.29, 1.82) is 0 Å². The molecule has 0 bridgehead atoms. The molecule has 5 nitrogen and oxygen atoms in total. The lowest BCUT2D eigenvalue weighted by Crippen LogP contribution is -2.68. The van der Waals surface area contributed by atoms with Gasteiger partial charge >= 0.3 is 0 Å². The standard InChI is InChI=1S/C11H12N2O3/c12-8(11(15)16)5-7-6-3-1-2-4-9(6)13-10(7)14/h1-4,7-8H,5,12H2,(H,13,14)(H,15,16)/t7?,8-/m0/s1. The molecule has 0 saturated heterocycles. The van der Waals surface area contributed by atoms with Crippen molar-refractivity contribution in [2.75, 3.05) is 5.32 Å². The van der Waals surface area contributed by atoms with E-state index in [1.807, 2.05) is 18.2 Å². The monoisotopic (exact) mass is 220 g/mol. The zero-order valence-corrected chi connectivity index (χ0v) is 8.60. The molecule has 1 amide bonds. The van der Waals surface area contributed by atoms with E-state index in [1.165, 1.54) is 0 Å². The summed E-state index contributed by atoms with van der Waals surface area (Å²) in [6.07, 6.45) is 0.172. The van der Waals surface area contributed by atoms with Crippen molar-refractivity contribution < 1.29 is 20.4 Å². The van der Waals surface area contributed by atoms with Crippen LogP contribution in [0.1, 0.15) is 17.9 Å². The number of para-hydroxylation sites is 1. The van der Waals surface area contributed by atoms with Crippen molar-refractivity contribution in [1.82, 2.24) is 0 Å². The minimum absolute atomic E-state index is 0.170. The Balaban J connectivity index is 2.22. The fourth-order valence-corrected chi connectivity index (χ4v) is 1.89. The molecule has 5 heteroatoms. The van der Waals surface area contributed by atoms with Gasteiger partial charge in [-0.15, -0.1) is 0 Å². The van der Waals surface area contributed by atoms with Crippen LogP contribution in [0.15, 0.2) is 24.3 Å². The maximum absolute atomic E-state index is 11.6. The average molecular weight is 220 g/mol. The van der Waals surface area contributed by atoms with Crippen LogP contribution in [0.5, 0.6) is 0 Å². The van der Waals surface area contributed by atoms with Crippen molar-refractivity contribution in [3.05, 3.63) is 29.8 Å². The highest BCUT2D eigenvalue weighted by Gasteiger charge is 2.32. The van der Waals surface area contributed by atoms with E-state index in [0.29, 0.717) is 0 Å². The third-order valence-corrected chi connectivity index (χ3v) is 2.76. The molecule has 0 aliphatic carbocycles. The quantitative estimate of drug-likeness (QED) is 0.646. The number of rotatable bonds is 3. The molecular formula is C11H12N2O3. The summed E-state index contributed by atoms with van der Waals surface area (Å²) in [6.45, 7) is 0. The maximum Gasteiger partial charge on any atom is 0.232 e. The first-order valence-corrected chi connectivity index (χ1v) is 5.03. The SMILES string of the molecule is [NH3+][C@@H](CC1C(=O)Nc2ccccc21)C(=O)[O-]. The predicted molar refractivity (Wildman–Crippen MR) is 54.1 cm³/mol. The summed E-state index contributed by atoms with van der Waals surface area (Å²) < 4.78 is 0. The van der Waals surface area contributed by atoms with Gasteiger partial charge in [0.15, 0.2) is 0 Å². The number of amides is 1. The first-order valence-electron chi connectivity index (χ1n) is 5.03. The molecule has 0 spiro atoms. The molecule has 0 aromatic heterocycles. The van der Waals surface area contributed by atoms with Gasteiger partial charge in [-0.2, -0.15) is 0 Å². The fraction of sp³-hybridized carbons (Fsp3) is 0.273. The lowest BCUT2D eigenvalue weighted by Gasteiger charge is -2.13. The number of nitrogens with one attached hydrogen (secondary N) is 1. The van der Waals surface area contributed by atoms with Crippen LogP contribution >= 0.6 is 0 Å². The highest BCUT2D eigenvalue weighted by atomic mass is 16.4. The van der Waals surface area contributed by atoms with Crippen molar-refractivity contribution in [3.8, 4) is 0 Å². The number of carbonyl (C=O) groups excluding carboxylic acids is 2. The van der Waals surface area contributed by atoms with E-state index in [4.69, 9.17) is 0 Å². The van der Waals surface area contributed by atoms with Crippen LogP contribution in [0.2, 0.25) is 0 Å². The van der Waals surface area contributed by atoms with Crippen LogP contribution in [0.4, 0.5) is 5.69 Å². The van der Waals surface area contributed by atoms with E-state index in [0.717, 1.165) is 11.3 Å². The normalized spacial score (nSPS) is 20.1. The van der Waals surface area contributed by atoms with Crippen LogP contribution < -0.4 is 16.2 Å². The molecule has 16 heavy (non-hydrogen) atoms. The molecule has 4 N–H and O–H groups in total. The van der Waals surface area contributed by atoms with Gasteiger partial charge in [0.2, 0.25) is 5.91 Å². The Kier molecular flexibility index (Phi) is 2.62. The predicted octanol–water partition coefficient (Wildman–Crippen LogP) is -1.53. The van der Waals surface area contributed by atoms with Gasteiger partial charge in [-0.05, 0) is 11.6 Å². The topological polar surface area (TPSA) is 96.9 Å². The van der Waals surface area contributed by atoms with Gasteiger partial charge in [-0.3, -0.25) is 4.79 Å². The second kappa shape index (κ2) is 3.94. The number of quaternary nitrogens is 1. The van der Waals surface area contributed by atoms with Crippen LogP contribution in [0.25, 0.3) is 0 Å². The largest absolute Gasteiger partial charge is 0.544 e. The van der Waals surface area contributed by atoms with Crippen molar-refractivity contribution >= 4 is 17.6 Å². The number of aliphatic carboxylic acids is 1. The van der Waals surface area contributed by atoms with Gasteiger partial charge in [-0.1, -0.05) is 18.2 Å². The summed E-state index contributed by atoms with van der Waals surface area (Å²) in [4.78, 5) is 22.2. The number of carboxylic acids is 1. The Morgan fingerprint density at radius 1 is 1.50 bits per heavy atom. The van der Waals surface area contributed by atoms with Crippen molar-refractivity contribution in [2.24, 2.45) is 0 Å². The smallest absolute Gasteiger partial charge is 0.232 e. The molecule has 0 fully saturated rings. The van der Waals surface area contributed by atoms with E-state index in [9.17, 15) is 14.7 Å². The molecule has 0 saturated carbocycles. The molecule has 1 unspecified atom stereocenters. The van der Waals surface area contributed by atoms with Crippen molar-refractivity contribution in [2.45, 2.75) is 18.4 Å². The lowest BCUT2D eigenvalue weighted by atomic mass is 9.94. The Labute approximate surface area is 92.3 Å². The van der Waals surface area contributed by atoms with E-state index in [-0.39, 0.29) is 12.3 Å². The Morgan fingerprint density at radius 3 is 2.88 bits per heavy atom. The van der Waals surface area contributed by atoms with E-state index >= 15 is 0 Å². The third-order valence-electron chi connectivity index (χ3n) is 2.76. The number of carbonyl (C=O) groups is 2. The number of benzene rings is 1. The number of hydrogen-bond donors (Lipinski definition) is 2. The summed E-state index contributed by atoms with van der Waals surface area (Å²) in [5.41, 5.74) is 5.05. The summed E-state index contributed by atoms with van der Waals surface area (Å²) in [5.74, 6) is -1.83. The highest BCUT2D eigenvalue weighted by Crippen LogP contribution is 2.34. The second-order valence-electron chi connectivity index (χ2n) is 3.88. The van der Waals surface area contributed by atoms with Crippen molar-refractivity contribution in [3.63, 3.8) is 0 Å². The van der Waals surface area contributed by atoms with Crippen LogP contribution in [0.3, 0.4) is 0 Å². The number of hydrogen-bond acceptors (Lipinski definition) is 3. The summed E-state index contributed by atoms with van der Waals surface area (Å²) in [6, 6.07) is 6.39. The maximum atomic E-state index is 11.6. The molecule has 1 aromatic carbocycles. The number of anilines is 1. The lowest BCUT2D eigenvalue weighted by molar-refractivity contribution is -0.438. The van der Waals surface area contributed by atoms with Gasteiger partial charge in [0.1, 0.15) is 6.04 Å². The zero-order chi connectivity index (χ0) is 11.7. The number of carboxylic acid groups (broad SMARTS) is 1. The van der Waals surface area contributed by atoms with Crippen LogP contribution in [-0.2, 0) is 9.59 Å². The highest BCUT2D eigenvalue weighted by molar-refractivity contribution is 6.03. The van der Waals surface area contributed by atoms with Gasteiger partial charge in [-0.25, -0.2) is 0 Å². The Morgan fingerprint density at radius 2 is 2.19 bits per heavy atom. The summed E-state index contributed by atoms with van der Waals surface area (Å²) >= 11 is 0. The molecule has 1 aliphatic rings. The zero-order valence-electron chi connectivity index (χ0n) is 8.60. The van der Waals surface area contributed by atoms with E-state index < -0.39 is 17.9 Å². The molecule has 84 valence electrons. The van der Waals surface area contributed by atoms with E-state index in [2.05, 4.69) is 11.1 Å². The van der Waals surface area contributed by atoms with Gasteiger partial charge in [0, 0.05) is 12.1 Å². The third kappa shape index (κ3) is 1.77. The molecule has 1 heterocycles.